The Bertz CT molecular complexity index is 1750. The second-order valence-corrected chi connectivity index (χ2v) is 9.35. The van der Waals surface area contributed by atoms with Crippen LogP contribution in [0.5, 0.6) is 0 Å². The van der Waals surface area contributed by atoms with Gasteiger partial charge in [0.05, 0.1) is 36.8 Å². The van der Waals surface area contributed by atoms with Gasteiger partial charge in [0.2, 0.25) is 0 Å². The molecular weight excluding hydrogens is 573 g/mol. The Hall–Kier alpha value is -4.93. The highest BCUT2D eigenvalue weighted by molar-refractivity contribution is 7.09. The molecule has 0 aliphatic heterocycles. The molecule has 4 aromatic heterocycles. The van der Waals surface area contributed by atoms with Gasteiger partial charge in [-0.2, -0.15) is 32.9 Å². The Morgan fingerprint density at radius 3 is 2.46 bits per heavy atom. The molecule has 0 fully saturated rings. The number of methoxy groups -OCH3 is 1. The molecule has 41 heavy (non-hydrogen) atoms. The highest BCUT2D eigenvalue weighted by Gasteiger charge is 2.35. The van der Waals surface area contributed by atoms with Crippen LogP contribution in [0.4, 0.5) is 44.1 Å². The number of pyridine rings is 1. The van der Waals surface area contributed by atoms with Crippen molar-refractivity contribution in [1.29, 1.82) is 0 Å². The predicted octanol–water partition coefficient (Wildman–Crippen LogP) is 4.49. The average molecular weight is 592 g/mol. The molecule has 0 unspecified atom stereocenters. The van der Waals surface area contributed by atoms with E-state index in [0.717, 1.165) is 34.3 Å². The lowest BCUT2D eigenvalue weighted by Crippen LogP contribution is -2.32. The van der Waals surface area contributed by atoms with E-state index in [2.05, 4.69) is 25.0 Å². The van der Waals surface area contributed by atoms with Crippen molar-refractivity contribution in [2.24, 2.45) is 0 Å². The number of hydrogen-bond acceptors (Lipinski definition) is 10. The number of carbonyl (C=O) groups excluding carboxylic acids is 1. The number of aromatic nitrogens is 6. The van der Waals surface area contributed by atoms with Crippen molar-refractivity contribution in [1.82, 2.24) is 29.7 Å². The summed E-state index contributed by atoms with van der Waals surface area (Å²) in [5, 5.41) is 4.41. The summed E-state index contributed by atoms with van der Waals surface area (Å²) >= 11 is 0.347. The molecule has 17 heteroatoms. The van der Waals surface area contributed by atoms with Crippen LogP contribution < -0.4 is 16.4 Å². The van der Waals surface area contributed by atoms with Crippen molar-refractivity contribution >= 4 is 45.8 Å². The lowest BCUT2D eigenvalue weighted by molar-refractivity contribution is -0.137. The molecule has 0 bridgehead atoms. The Morgan fingerprint density at radius 2 is 1.83 bits per heavy atom. The standard InChI is InChI=1S/C24H18F5N9O2S/c1-40-23(39)37(9-13-10-41-21(33-13)24(27,28)29)18-19(30)34-22(35-20(18)31)38-16-7-12(25)8-32-17(16)15(36-38)6-11-4-2-3-5-14(11)26/h2-5,7-8,10H,6,9H2,1H3,(H4,30,31,34,35). The summed E-state index contributed by atoms with van der Waals surface area (Å²) in [6, 6.07) is 7.15. The van der Waals surface area contributed by atoms with Crippen LogP contribution in [0.2, 0.25) is 0 Å². The zero-order valence-electron chi connectivity index (χ0n) is 20.9. The van der Waals surface area contributed by atoms with Crippen molar-refractivity contribution in [3.63, 3.8) is 0 Å². The predicted molar refractivity (Wildman–Crippen MR) is 138 cm³/mol. The number of carbonyl (C=O) groups is 1. The third-order valence-electron chi connectivity index (χ3n) is 5.77. The number of ether oxygens (including phenoxy) is 1. The summed E-state index contributed by atoms with van der Waals surface area (Å²) in [4.78, 5) is 29.3. The molecule has 4 heterocycles. The number of halogens is 5. The molecule has 5 rings (SSSR count). The van der Waals surface area contributed by atoms with Crippen LogP contribution in [0, 0.1) is 11.6 Å². The average Bonchev–Trinajstić information content (AvgIpc) is 3.53. The second kappa shape index (κ2) is 10.6. The first-order valence-corrected chi connectivity index (χ1v) is 12.4. The lowest BCUT2D eigenvalue weighted by atomic mass is 10.1. The molecule has 0 radical (unpaired) electrons. The van der Waals surface area contributed by atoms with Gasteiger partial charge in [-0.05, 0) is 11.6 Å². The number of nitrogens with zero attached hydrogens (tertiary/aromatic N) is 7. The summed E-state index contributed by atoms with van der Waals surface area (Å²) in [6.45, 7) is -0.497. The van der Waals surface area contributed by atoms with E-state index in [1.165, 1.54) is 12.1 Å². The zero-order chi connectivity index (χ0) is 29.5. The molecule has 0 aliphatic rings. The van der Waals surface area contributed by atoms with Gasteiger partial charge in [0.25, 0.3) is 5.95 Å². The van der Waals surface area contributed by atoms with Gasteiger partial charge in [-0.1, -0.05) is 18.2 Å². The molecule has 11 nitrogen and oxygen atoms in total. The van der Waals surface area contributed by atoms with Crippen molar-refractivity contribution in [3.05, 3.63) is 75.5 Å². The number of amides is 1. The van der Waals surface area contributed by atoms with Gasteiger partial charge in [-0.3, -0.25) is 4.90 Å². The summed E-state index contributed by atoms with van der Waals surface area (Å²) in [6.07, 6.45) is -4.72. The molecular formula is C24H18F5N9O2S. The van der Waals surface area contributed by atoms with Crippen molar-refractivity contribution in [2.75, 3.05) is 23.5 Å². The molecule has 5 aromatic rings. The van der Waals surface area contributed by atoms with Crippen LogP contribution in [0.25, 0.3) is 17.0 Å². The number of rotatable bonds is 6. The monoisotopic (exact) mass is 591 g/mol. The molecule has 0 saturated heterocycles. The van der Waals surface area contributed by atoms with Crippen LogP contribution in [-0.2, 0) is 23.9 Å². The quantitative estimate of drug-likeness (QED) is 0.272. The van der Waals surface area contributed by atoms with E-state index in [9.17, 15) is 26.7 Å². The lowest BCUT2D eigenvalue weighted by Gasteiger charge is -2.22. The fraction of sp³-hybridized carbons (Fsp3) is 0.167. The van der Waals surface area contributed by atoms with E-state index in [1.54, 1.807) is 12.1 Å². The van der Waals surface area contributed by atoms with Crippen molar-refractivity contribution in [2.45, 2.75) is 19.1 Å². The number of alkyl halides is 3. The second-order valence-electron chi connectivity index (χ2n) is 8.49. The van der Waals surface area contributed by atoms with E-state index in [1.807, 2.05) is 0 Å². The maximum Gasteiger partial charge on any atom is 0.443 e. The van der Waals surface area contributed by atoms with Gasteiger partial charge >= 0.3 is 12.3 Å². The molecule has 1 aromatic carbocycles. The fourth-order valence-electron chi connectivity index (χ4n) is 3.99. The van der Waals surface area contributed by atoms with E-state index in [4.69, 9.17) is 16.2 Å². The Balaban J connectivity index is 1.57. The third-order valence-corrected chi connectivity index (χ3v) is 6.70. The highest BCUT2D eigenvalue weighted by atomic mass is 32.1. The molecule has 212 valence electrons. The van der Waals surface area contributed by atoms with E-state index < -0.39 is 35.5 Å². The van der Waals surface area contributed by atoms with Crippen LogP contribution in [0.1, 0.15) is 22.0 Å². The first-order chi connectivity index (χ1) is 19.5. The molecule has 0 aliphatic carbocycles. The summed E-state index contributed by atoms with van der Waals surface area (Å²) < 4.78 is 73.5. The van der Waals surface area contributed by atoms with Gasteiger partial charge in [0, 0.05) is 17.9 Å². The Morgan fingerprint density at radius 1 is 1.12 bits per heavy atom. The Kier molecular flexibility index (Phi) is 7.12. The van der Waals surface area contributed by atoms with Crippen molar-refractivity contribution < 1.29 is 31.5 Å². The number of nitrogen functional groups attached to an aromatic ring is 2. The van der Waals surface area contributed by atoms with Crippen molar-refractivity contribution in [3.8, 4) is 5.95 Å². The normalized spacial score (nSPS) is 11.7. The number of anilines is 3. The largest absolute Gasteiger partial charge is 0.452 e. The van der Waals surface area contributed by atoms with Gasteiger partial charge in [0.15, 0.2) is 16.6 Å². The fourth-order valence-corrected chi connectivity index (χ4v) is 4.67. The number of fused-ring (bicyclic) bond motifs is 1. The number of nitrogens with two attached hydrogens (primary N) is 2. The minimum Gasteiger partial charge on any atom is -0.452 e. The van der Waals surface area contributed by atoms with Crippen LogP contribution in [0.3, 0.4) is 0 Å². The highest BCUT2D eigenvalue weighted by Crippen LogP contribution is 2.34. The van der Waals surface area contributed by atoms with Gasteiger partial charge < -0.3 is 16.2 Å². The summed E-state index contributed by atoms with van der Waals surface area (Å²) in [7, 11) is 1.05. The maximum atomic E-state index is 14.3. The van der Waals surface area contributed by atoms with Gasteiger partial charge in [-0.15, -0.1) is 11.3 Å². The van der Waals surface area contributed by atoms with Gasteiger partial charge in [-0.25, -0.2) is 23.5 Å². The zero-order valence-corrected chi connectivity index (χ0v) is 21.7. The molecule has 0 spiro atoms. The number of benzene rings is 1. The first kappa shape index (κ1) is 27.6. The minimum absolute atomic E-state index is 0.00151. The molecule has 1 amide bonds. The summed E-state index contributed by atoms with van der Waals surface area (Å²) in [5.41, 5.74) is 12.9. The topological polar surface area (TPSA) is 151 Å². The van der Waals surface area contributed by atoms with Crippen LogP contribution in [-0.4, -0.2) is 42.9 Å². The van der Waals surface area contributed by atoms with E-state index >= 15 is 0 Å². The summed E-state index contributed by atoms with van der Waals surface area (Å²) in [5.74, 6) is -2.15. The molecule has 0 saturated carbocycles. The maximum absolute atomic E-state index is 14.3. The minimum atomic E-state index is -4.67. The first-order valence-electron chi connectivity index (χ1n) is 11.5. The molecule has 4 N–H and O–H groups in total. The Labute approximate surface area is 231 Å². The number of thiazole rings is 1. The van der Waals surface area contributed by atoms with Gasteiger partial charge in [0.1, 0.15) is 22.8 Å². The number of hydrogen-bond donors (Lipinski definition) is 2. The van der Waals surface area contributed by atoms with Crippen LogP contribution in [0.15, 0.2) is 41.9 Å². The van der Waals surface area contributed by atoms with E-state index in [-0.39, 0.29) is 52.1 Å². The molecule has 0 atom stereocenters. The van der Waals surface area contributed by atoms with E-state index in [0.29, 0.717) is 16.9 Å². The van der Waals surface area contributed by atoms with Crippen LogP contribution >= 0.6 is 11.3 Å². The smallest absolute Gasteiger partial charge is 0.443 e. The third kappa shape index (κ3) is 5.43. The SMILES string of the molecule is COC(=O)N(Cc1csc(C(F)(F)F)n1)c1c(N)nc(-n2nc(Cc3ccccc3F)c3ncc(F)cc32)nc1N.